The van der Waals surface area contributed by atoms with Crippen LogP contribution in [0.5, 0.6) is 0 Å². The monoisotopic (exact) mass is 245 g/mol. The van der Waals surface area contributed by atoms with Crippen LogP contribution >= 0.6 is 11.6 Å². The quantitative estimate of drug-likeness (QED) is 0.826. The van der Waals surface area contributed by atoms with Gasteiger partial charge in [0.2, 0.25) is 0 Å². The minimum atomic E-state index is 0.0918. The van der Waals surface area contributed by atoms with E-state index in [0.717, 1.165) is 44.5 Å². The van der Waals surface area contributed by atoms with E-state index < -0.39 is 0 Å². The molecule has 1 N–H and O–H groups in total. The number of nitrogens with one attached hydrogen (secondary N) is 1. The minimum Gasteiger partial charge on any atom is -0.372 e. The number of hydrogen-bond acceptors (Lipinski definition) is 3. The van der Waals surface area contributed by atoms with Gasteiger partial charge in [-0.1, -0.05) is 11.6 Å². The Morgan fingerprint density at radius 2 is 2.31 bits per heavy atom. The Kier molecular flexibility index (Phi) is 4.25. The maximum Gasteiger partial charge on any atom is 0.0840 e. The molecule has 3 nitrogen and oxygen atoms in total. The van der Waals surface area contributed by atoms with E-state index in [1.54, 1.807) is 5.54 Å². The molecule has 2 aliphatic rings. The Morgan fingerprint density at radius 1 is 1.56 bits per heavy atom. The highest BCUT2D eigenvalue weighted by Crippen LogP contribution is 2.35. The van der Waals surface area contributed by atoms with Gasteiger partial charge in [-0.3, -0.25) is 0 Å². The van der Waals surface area contributed by atoms with E-state index in [4.69, 9.17) is 21.1 Å². The second kappa shape index (κ2) is 5.50. The summed E-state index contributed by atoms with van der Waals surface area (Å²) in [5.74, 6) is 0. The summed E-state index contributed by atoms with van der Waals surface area (Å²) in [7, 11) is 0. The zero-order valence-corrected chi connectivity index (χ0v) is 10.6. The van der Waals surface area contributed by atoms with Crippen LogP contribution in [0.1, 0.15) is 26.2 Å². The van der Waals surface area contributed by atoms with Crippen LogP contribution in [0, 0.1) is 0 Å². The van der Waals surface area contributed by atoms with Crippen molar-refractivity contribution in [3.63, 3.8) is 0 Å². The van der Waals surface area contributed by atoms with E-state index in [9.17, 15) is 0 Å². The van der Waals surface area contributed by atoms with Gasteiger partial charge in [0.05, 0.1) is 24.9 Å². The summed E-state index contributed by atoms with van der Waals surface area (Å²) in [5, 5.41) is 3.36. The van der Waals surface area contributed by atoms with Gasteiger partial charge >= 0.3 is 0 Å². The number of halogens is 1. The fourth-order valence-electron chi connectivity index (χ4n) is 2.42. The van der Waals surface area contributed by atoms with Gasteiger partial charge < -0.3 is 14.8 Å². The van der Waals surface area contributed by atoms with Crippen LogP contribution in [0.3, 0.4) is 0 Å². The van der Waals surface area contributed by atoms with Crippen LogP contribution in [-0.4, -0.2) is 38.0 Å². The first-order valence-electron chi connectivity index (χ1n) is 5.96. The zero-order chi connectivity index (χ0) is 11.4. The lowest BCUT2D eigenvalue weighted by atomic mass is 9.89. The topological polar surface area (TPSA) is 30.5 Å². The predicted molar refractivity (Wildman–Crippen MR) is 64.8 cm³/mol. The van der Waals surface area contributed by atoms with Crippen molar-refractivity contribution in [1.29, 1.82) is 0 Å². The van der Waals surface area contributed by atoms with Gasteiger partial charge in [-0.05, 0) is 38.4 Å². The molecule has 0 aromatic rings. The van der Waals surface area contributed by atoms with Gasteiger partial charge in [-0.15, -0.1) is 0 Å². The maximum absolute atomic E-state index is 5.94. The number of ether oxygens (including phenoxy) is 2. The van der Waals surface area contributed by atoms with Gasteiger partial charge in [-0.2, -0.15) is 0 Å². The first kappa shape index (κ1) is 12.4. The molecule has 16 heavy (non-hydrogen) atoms. The van der Waals surface area contributed by atoms with E-state index in [1.807, 2.05) is 6.92 Å². The first-order valence-corrected chi connectivity index (χ1v) is 6.40. The molecule has 1 spiro atoms. The molecule has 2 rings (SSSR count). The van der Waals surface area contributed by atoms with Crippen LogP contribution in [-0.2, 0) is 9.47 Å². The summed E-state index contributed by atoms with van der Waals surface area (Å²) in [4.78, 5) is 0. The van der Waals surface area contributed by atoms with E-state index in [1.165, 1.54) is 0 Å². The van der Waals surface area contributed by atoms with Crippen molar-refractivity contribution in [2.24, 2.45) is 0 Å². The summed E-state index contributed by atoms with van der Waals surface area (Å²) in [6.07, 6.45) is 3.49. The molecule has 0 aliphatic carbocycles. The van der Waals surface area contributed by atoms with Crippen molar-refractivity contribution < 1.29 is 9.47 Å². The Bertz CT molecular complexity index is 262. The molecule has 0 radical (unpaired) electrons. The molecule has 2 aliphatic heterocycles. The third kappa shape index (κ3) is 2.98. The zero-order valence-electron chi connectivity index (χ0n) is 9.80. The van der Waals surface area contributed by atoms with E-state index in [2.05, 4.69) is 5.32 Å². The van der Waals surface area contributed by atoms with E-state index in [0.29, 0.717) is 6.61 Å². The molecule has 0 amide bonds. The van der Waals surface area contributed by atoms with Gasteiger partial charge in [0.25, 0.3) is 0 Å². The lowest BCUT2D eigenvalue weighted by Gasteiger charge is -2.32. The van der Waals surface area contributed by atoms with Crippen molar-refractivity contribution in [3.8, 4) is 0 Å². The van der Waals surface area contributed by atoms with Crippen molar-refractivity contribution in [2.75, 3.05) is 26.3 Å². The molecule has 0 aromatic carbocycles. The molecule has 2 saturated heterocycles. The van der Waals surface area contributed by atoms with Crippen molar-refractivity contribution in [1.82, 2.24) is 5.32 Å². The van der Waals surface area contributed by atoms with Crippen LogP contribution < -0.4 is 5.32 Å². The van der Waals surface area contributed by atoms with Crippen molar-refractivity contribution in [3.05, 3.63) is 11.1 Å². The highest BCUT2D eigenvalue weighted by atomic mass is 35.5. The fourth-order valence-corrected chi connectivity index (χ4v) is 2.48. The molecular weight excluding hydrogens is 226 g/mol. The third-order valence-electron chi connectivity index (χ3n) is 3.42. The maximum atomic E-state index is 5.94. The Hall–Kier alpha value is -0.0900. The lowest BCUT2D eigenvalue weighted by molar-refractivity contribution is -0.0226. The lowest BCUT2D eigenvalue weighted by Crippen LogP contribution is -2.41. The molecule has 4 heteroatoms. The van der Waals surface area contributed by atoms with Gasteiger partial charge in [-0.25, -0.2) is 0 Å². The molecule has 1 atom stereocenters. The average Bonchev–Trinajstić information content (AvgIpc) is 2.70. The normalized spacial score (nSPS) is 29.9. The second-order valence-electron chi connectivity index (χ2n) is 4.84. The van der Waals surface area contributed by atoms with E-state index in [-0.39, 0.29) is 11.7 Å². The third-order valence-corrected chi connectivity index (χ3v) is 3.80. The molecule has 0 bridgehead atoms. The second-order valence-corrected chi connectivity index (χ2v) is 5.05. The Morgan fingerprint density at radius 3 is 3.00 bits per heavy atom. The fraction of sp³-hybridized carbons (Fsp3) is 0.833. The van der Waals surface area contributed by atoms with Crippen molar-refractivity contribution >= 4 is 11.6 Å². The minimum absolute atomic E-state index is 0.0918. The first-order chi connectivity index (χ1) is 7.74. The highest BCUT2D eigenvalue weighted by molar-refractivity contribution is 6.25. The van der Waals surface area contributed by atoms with Gasteiger partial charge in [0.1, 0.15) is 0 Å². The van der Waals surface area contributed by atoms with Gasteiger partial charge in [0.15, 0.2) is 0 Å². The summed E-state index contributed by atoms with van der Waals surface area (Å²) < 4.78 is 11.7. The van der Waals surface area contributed by atoms with E-state index >= 15 is 0 Å². The van der Waals surface area contributed by atoms with Crippen molar-refractivity contribution in [2.45, 2.75) is 37.9 Å². The number of piperidine rings is 1. The molecule has 2 fully saturated rings. The Labute approximate surface area is 102 Å². The van der Waals surface area contributed by atoms with Crippen LogP contribution in [0.15, 0.2) is 11.1 Å². The molecule has 0 saturated carbocycles. The van der Waals surface area contributed by atoms with Gasteiger partial charge in [0, 0.05) is 12.0 Å². The highest BCUT2D eigenvalue weighted by Gasteiger charge is 2.41. The number of rotatable bonds is 3. The largest absolute Gasteiger partial charge is 0.372 e. The van der Waals surface area contributed by atoms with Crippen LogP contribution in [0.2, 0.25) is 0 Å². The summed E-state index contributed by atoms with van der Waals surface area (Å²) >= 11 is 5.60. The molecule has 0 aromatic heterocycles. The summed E-state index contributed by atoms with van der Waals surface area (Å²) in [6, 6.07) is 0. The molecule has 1 unspecified atom stereocenters. The predicted octanol–water partition coefficient (Wildman–Crippen LogP) is 2.06. The molecule has 92 valence electrons. The van der Waals surface area contributed by atoms with Crippen LogP contribution in [0.25, 0.3) is 0 Å². The summed E-state index contributed by atoms with van der Waals surface area (Å²) in [5.41, 5.74) is 2.73. The Balaban J connectivity index is 1.78. The standard InChI is InChI=1S/C12H20ClNO2/c1-10(7-13)8-15-11-6-12(16-9-11)2-4-14-5-3-12/h7,11,14H,2-6,8-9H2,1H3. The average molecular weight is 246 g/mol. The molecule has 2 heterocycles. The SMILES string of the molecule is CC(=CCl)COC1COC2(CCNCC2)C1. The summed E-state index contributed by atoms with van der Waals surface area (Å²) in [6.45, 7) is 5.45. The molecular formula is C12H20ClNO2. The smallest absolute Gasteiger partial charge is 0.0840 e. The van der Waals surface area contributed by atoms with Crippen LogP contribution in [0.4, 0.5) is 0 Å². The number of hydrogen-bond donors (Lipinski definition) is 1.